The smallest absolute Gasteiger partial charge is 0.0922 e. The van der Waals surface area contributed by atoms with Crippen molar-refractivity contribution in [1.29, 1.82) is 0 Å². The van der Waals surface area contributed by atoms with Gasteiger partial charge in [0.05, 0.1) is 18.8 Å². The average molecular weight is 289 g/mol. The number of rotatable bonds is 3. The Bertz CT molecular complexity index is 491. The molecule has 1 aliphatic heterocycles. The summed E-state index contributed by atoms with van der Waals surface area (Å²) in [7, 11) is 0. The number of nitrogens with zero attached hydrogens (tertiary/aromatic N) is 1. The van der Waals surface area contributed by atoms with E-state index >= 15 is 0 Å². The van der Waals surface area contributed by atoms with E-state index in [1.54, 1.807) is 0 Å². The molecule has 1 saturated carbocycles. The van der Waals surface area contributed by atoms with Gasteiger partial charge < -0.3 is 9.84 Å². The Kier molecular flexibility index (Phi) is 4.34. The molecule has 3 nitrogen and oxygen atoms in total. The molecule has 1 saturated heterocycles. The topological polar surface area (TPSA) is 32.7 Å². The van der Waals surface area contributed by atoms with Gasteiger partial charge in [0.15, 0.2) is 0 Å². The van der Waals surface area contributed by atoms with Gasteiger partial charge in [-0.15, -0.1) is 0 Å². The van der Waals surface area contributed by atoms with Gasteiger partial charge in [0.2, 0.25) is 0 Å². The zero-order valence-electron chi connectivity index (χ0n) is 13.4. The maximum absolute atomic E-state index is 10.8. The Morgan fingerprint density at radius 1 is 1.24 bits per heavy atom. The van der Waals surface area contributed by atoms with E-state index in [-0.39, 0.29) is 0 Å². The first-order valence-corrected chi connectivity index (χ1v) is 8.17. The molecule has 0 amide bonds. The third-order valence-corrected chi connectivity index (χ3v) is 5.08. The van der Waals surface area contributed by atoms with Crippen LogP contribution in [0.4, 0.5) is 0 Å². The van der Waals surface area contributed by atoms with Crippen LogP contribution in [0.3, 0.4) is 0 Å². The van der Waals surface area contributed by atoms with Gasteiger partial charge in [-0.2, -0.15) is 0 Å². The fraction of sp³-hybridized carbons (Fsp3) is 0.667. The van der Waals surface area contributed by atoms with Crippen molar-refractivity contribution >= 4 is 0 Å². The van der Waals surface area contributed by atoms with Crippen LogP contribution in [0.1, 0.15) is 47.6 Å². The number of morpholine rings is 1. The molecular formula is C18H27NO2. The Morgan fingerprint density at radius 3 is 2.67 bits per heavy atom. The standard InChI is InChI=1S/C18H27NO2/c1-12-9-13(2)18(14(3)10-12)16(20)11-19-7-8-21-17-6-4-5-15(17)19/h9-10,15-17,20H,4-8,11H2,1-3H3. The molecule has 0 bridgehead atoms. The predicted octanol–water partition coefficient (Wildman–Crippen LogP) is 2.90. The summed E-state index contributed by atoms with van der Waals surface area (Å²) >= 11 is 0. The van der Waals surface area contributed by atoms with Gasteiger partial charge in [0, 0.05) is 19.1 Å². The second kappa shape index (κ2) is 6.07. The van der Waals surface area contributed by atoms with Crippen LogP contribution in [0.25, 0.3) is 0 Å². The molecule has 0 radical (unpaired) electrons. The van der Waals surface area contributed by atoms with Crippen molar-refractivity contribution in [1.82, 2.24) is 4.90 Å². The molecule has 2 fully saturated rings. The molecule has 1 aromatic carbocycles. The number of aryl methyl sites for hydroxylation is 3. The predicted molar refractivity (Wildman–Crippen MR) is 84.6 cm³/mol. The van der Waals surface area contributed by atoms with Crippen LogP contribution in [-0.4, -0.2) is 41.8 Å². The highest BCUT2D eigenvalue weighted by Crippen LogP contribution is 2.32. The van der Waals surface area contributed by atoms with Crippen LogP contribution in [0.2, 0.25) is 0 Å². The monoisotopic (exact) mass is 289 g/mol. The molecule has 1 aliphatic carbocycles. The highest BCUT2D eigenvalue weighted by atomic mass is 16.5. The SMILES string of the molecule is Cc1cc(C)c(C(O)CN2CCOC3CCCC32)c(C)c1. The highest BCUT2D eigenvalue weighted by Gasteiger charge is 2.36. The lowest BCUT2D eigenvalue weighted by atomic mass is 9.95. The number of benzene rings is 1. The summed E-state index contributed by atoms with van der Waals surface area (Å²) in [6.07, 6.45) is 3.64. The summed E-state index contributed by atoms with van der Waals surface area (Å²) in [4.78, 5) is 2.45. The summed E-state index contributed by atoms with van der Waals surface area (Å²) in [5.74, 6) is 0. The molecule has 116 valence electrons. The first-order chi connectivity index (χ1) is 10.1. The number of hydrogen-bond donors (Lipinski definition) is 1. The van der Waals surface area contributed by atoms with Crippen LogP contribution in [-0.2, 0) is 4.74 Å². The molecule has 1 aromatic rings. The van der Waals surface area contributed by atoms with Gasteiger partial charge in [-0.1, -0.05) is 17.7 Å². The van der Waals surface area contributed by atoms with Crippen molar-refractivity contribution in [3.05, 3.63) is 34.4 Å². The Labute approximate surface area is 127 Å². The second-order valence-electron chi connectivity index (χ2n) is 6.73. The van der Waals surface area contributed by atoms with E-state index < -0.39 is 6.10 Å². The van der Waals surface area contributed by atoms with E-state index in [0.717, 1.165) is 25.3 Å². The van der Waals surface area contributed by atoms with Crippen molar-refractivity contribution in [2.45, 2.75) is 58.3 Å². The lowest BCUT2D eigenvalue weighted by Gasteiger charge is -2.39. The van der Waals surface area contributed by atoms with Gasteiger partial charge in [-0.3, -0.25) is 4.90 Å². The summed E-state index contributed by atoms with van der Waals surface area (Å²) in [5, 5.41) is 10.8. The van der Waals surface area contributed by atoms with Gasteiger partial charge in [0.1, 0.15) is 0 Å². The lowest BCUT2D eigenvalue weighted by molar-refractivity contribution is -0.0676. The van der Waals surface area contributed by atoms with Crippen LogP contribution in [0.5, 0.6) is 0 Å². The minimum Gasteiger partial charge on any atom is -0.387 e. The molecule has 0 aromatic heterocycles. The van der Waals surface area contributed by atoms with E-state index in [1.165, 1.54) is 36.0 Å². The summed E-state index contributed by atoms with van der Waals surface area (Å²) in [6, 6.07) is 4.85. The molecule has 0 spiro atoms. The largest absolute Gasteiger partial charge is 0.387 e. The minimum atomic E-state index is -0.398. The second-order valence-corrected chi connectivity index (χ2v) is 6.73. The van der Waals surface area contributed by atoms with E-state index in [1.807, 2.05) is 0 Å². The molecule has 3 atom stereocenters. The molecule has 1 heterocycles. The summed E-state index contributed by atoms with van der Waals surface area (Å²) in [5.41, 5.74) is 4.79. The Balaban J connectivity index is 1.75. The number of aliphatic hydroxyl groups excluding tert-OH is 1. The zero-order chi connectivity index (χ0) is 15.0. The Morgan fingerprint density at radius 2 is 1.95 bits per heavy atom. The summed E-state index contributed by atoms with van der Waals surface area (Å²) in [6.45, 7) is 8.81. The van der Waals surface area contributed by atoms with Gasteiger partial charge in [0.25, 0.3) is 0 Å². The third-order valence-electron chi connectivity index (χ3n) is 5.08. The molecule has 3 rings (SSSR count). The van der Waals surface area contributed by atoms with Crippen molar-refractivity contribution < 1.29 is 9.84 Å². The maximum atomic E-state index is 10.8. The van der Waals surface area contributed by atoms with E-state index in [9.17, 15) is 5.11 Å². The van der Waals surface area contributed by atoms with Crippen LogP contribution < -0.4 is 0 Å². The van der Waals surface area contributed by atoms with Crippen LogP contribution in [0.15, 0.2) is 12.1 Å². The maximum Gasteiger partial charge on any atom is 0.0922 e. The first kappa shape index (κ1) is 15.0. The normalized spacial score (nSPS) is 27.6. The molecule has 3 unspecified atom stereocenters. The van der Waals surface area contributed by atoms with Crippen molar-refractivity contribution in [2.24, 2.45) is 0 Å². The average Bonchev–Trinajstić information content (AvgIpc) is 2.86. The van der Waals surface area contributed by atoms with Crippen molar-refractivity contribution in [3.63, 3.8) is 0 Å². The molecular weight excluding hydrogens is 262 g/mol. The van der Waals surface area contributed by atoms with Gasteiger partial charge >= 0.3 is 0 Å². The third kappa shape index (κ3) is 3.01. The van der Waals surface area contributed by atoms with Crippen molar-refractivity contribution in [3.8, 4) is 0 Å². The molecule has 3 heteroatoms. The van der Waals surface area contributed by atoms with Gasteiger partial charge in [-0.05, 0) is 56.7 Å². The van der Waals surface area contributed by atoms with Crippen LogP contribution in [0, 0.1) is 20.8 Å². The number of β-amino-alcohol motifs (C(OH)–C–C–N with tert-alkyl or cyclic N) is 1. The highest BCUT2D eigenvalue weighted by molar-refractivity contribution is 5.39. The number of aliphatic hydroxyl groups is 1. The van der Waals surface area contributed by atoms with E-state index in [0.29, 0.717) is 12.1 Å². The molecule has 1 N–H and O–H groups in total. The lowest BCUT2D eigenvalue weighted by Crippen LogP contribution is -2.49. The van der Waals surface area contributed by atoms with Crippen molar-refractivity contribution in [2.75, 3.05) is 19.7 Å². The first-order valence-electron chi connectivity index (χ1n) is 8.17. The Hall–Kier alpha value is -0.900. The van der Waals surface area contributed by atoms with E-state index in [2.05, 4.69) is 37.8 Å². The van der Waals surface area contributed by atoms with Gasteiger partial charge in [-0.25, -0.2) is 0 Å². The van der Waals surface area contributed by atoms with Crippen LogP contribution >= 0.6 is 0 Å². The van der Waals surface area contributed by atoms with E-state index in [4.69, 9.17) is 4.74 Å². The zero-order valence-corrected chi connectivity index (χ0v) is 13.4. The number of ether oxygens (including phenoxy) is 1. The fourth-order valence-electron chi connectivity index (χ4n) is 4.26. The number of fused-ring (bicyclic) bond motifs is 1. The quantitative estimate of drug-likeness (QED) is 0.928. The fourth-order valence-corrected chi connectivity index (χ4v) is 4.26. The minimum absolute atomic E-state index is 0.395. The number of hydrogen-bond acceptors (Lipinski definition) is 3. The molecule has 2 aliphatic rings. The summed E-state index contributed by atoms with van der Waals surface area (Å²) < 4.78 is 5.86. The molecule has 21 heavy (non-hydrogen) atoms.